The fraction of sp³-hybridized carbons (Fsp3) is 0.364. The molecule has 2 aromatic heterocycles. The van der Waals surface area contributed by atoms with Gasteiger partial charge in [-0.1, -0.05) is 0 Å². The molecule has 0 bridgehead atoms. The summed E-state index contributed by atoms with van der Waals surface area (Å²) in [6, 6.07) is 1.82. The third-order valence-electron chi connectivity index (χ3n) is 2.50. The SMILES string of the molecule is Cc1cc(-n2ncc(CCCO)c2N)ncn1. The third-order valence-corrected chi connectivity index (χ3v) is 2.50. The van der Waals surface area contributed by atoms with E-state index in [1.54, 1.807) is 10.9 Å². The Hall–Kier alpha value is -1.95. The molecule has 6 heteroatoms. The molecule has 2 rings (SSSR count). The molecule has 0 aliphatic rings. The maximum Gasteiger partial charge on any atom is 0.159 e. The number of aromatic nitrogens is 4. The lowest BCUT2D eigenvalue weighted by Crippen LogP contribution is -2.06. The molecule has 0 amide bonds. The van der Waals surface area contributed by atoms with Crippen LogP contribution >= 0.6 is 0 Å². The molecule has 0 aliphatic carbocycles. The van der Waals surface area contributed by atoms with Crippen molar-refractivity contribution in [3.8, 4) is 5.82 Å². The van der Waals surface area contributed by atoms with Crippen LogP contribution in [-0.2, 0) is 6.42 Å². The smallest absolute Gasteiger partial charge is 0.159 e. The van der Waals surface area contributed by atoms with Gasteiger partial charge in [-0.05, 0) is 19.8 Å². The van der Waals surface area contributed by atoms with E-state index in [1.165, 1.54) is 6.33 Å². The second kappa shape index (κ2) is 4.92. The van der Waals surface area contributed by atoms with E-state index in [0.29, 0.717) is 24.5 Å². The topological polar surface area (TPSA) is 89.8 Å². The van der Waals surface area contributed by atoms with Gasteiger partial charge >= 0.3 is 0 Å². The van der Waals surface area contributed by atoms with Crippen molar-refractivity contribution >= 4 is 5.82 Å². The molecule has 2 aromatic rings. The van der Waals surface area contributed by atoms with Crippen molar-refractivity contribution in [1.29, 1.82) is 0 Å². The third kappa shape index (κ3) is 2.42. The van der Waals surface area contributed by atoms with E-state index >= 15 is 0 Å². The summed E-state index contributed by atoms with van der Waals surface area (Å²) in [6.07, 6.45) is 4.59. The standard InChI is InChI=1S/C11H15N5O/c1-8-5-10(14-7-13-8)16-11(12)9(6-15-16)3-2-4-17/h5-7,17H,2-4,12H2,1H3. The Morgan fingerprint density at radius 3 is 2.94 bits per heavy atom. The molecule has 0 spiro atoms. The molecular formula is C11H15N5O. The largest absolute Gasteiger partial charge is 0.396 e. The quantitative estimate of drug-likeness (QED) is 0.801. The monoisotopic (exact) mass is 233 g/mol. The molecule has 0 saturated heterocycles. The van der Waals surface area contributed by atoms with Crippen LogP contribution in [0.5, 0.6) is 0 Å². The van der Waals surface area contributed by atoms with E-state index in [9.17, 15) is 0 Å². The predicted octanol–water partition coefficient (Wildman–Crippen LogP) is 0.478. The first kappa shape index (κ1) is 11.5. The van der Waals surface area contributed by atoms with Gasteiger partial charge in [0, 0.05) is 23.9 Å². The molecule has 2 heterocycles. The highest BCUT2D eigenvalue weighted by atomic mass is 16.2. The van der Waals surface area contributed by atoms with Gasteiger partial charge in [0.05, 0.1) is 6.20 Å². The zero-order valence-corrected chi connectivity index (χ0v) is 9.67. The molecule has 0 radical (unpaired) electrons. The number of aryl methyl sites for hydroxylation is 2. The molecule has 0 atom stereocenters. The van der Waals surface area contributed by atoms with Gasteiger partial charge in [0.1, 0.15) is 12.1 Å². The van der Waals surface area contributed by atoms with E-state index in [1.807, 2.05) is 13.0 Å². The second-order valence-corrected chi connectivity index (χ2v) is 3.81. The van der Waals surface area contributed by atoms with Crippen molar-refractivity contribution in [2.45, 2.75) is 19.8 Å². The number of aliphatic hydroxyl groups excluding tert-OH is 1. The number of anilines is 1. The summed E-state index contributed by atoms with van der Waals surface area (Å²) in [5.74, 6) is 1.22. The Balaban J connectivity index is 2.30. The van der Waals surface area contributed by atoms with E-state index < -0.39 is 0 Å². The summed E-state index contributed by atoms with van der Waals surface area (Å²) in [5, 5.41) is 13.0. The summed E-state index contributed by atoms with van der Waals surface area (Å²) in [6.45, 7) is 2.04. The maximum absolute atomic E-state index is 8.79. The highest BCUT2D eigenvalue weighted by Gasteiger charge is 2.09. The normalized spacial score (nSPS) is 10.7. The Morgan fingerprint density at radius 2 is 2.24 bits per heavy atom. The van der Waals surface area contributed by atoms with Crippen LogP contribution in [0, 0.1) is 6.92 Å². The van der Waals surface area contributed by atoms with Gasteiger partial charge in [-0.15, -0.1) is 0 Å². The molecule has 0 fully saturated rings. The molecule has 0 aliphatic heterocycles. The average molecular weight is 233 g/mol. The van der Waals surface area contributed by atoms with Crippen LogP contribution in [0.3, 0.4) is 0 Å². The first-order chi connectivity index (χ1) is 8.22. The fourth-order valence-electron chi connectivity index (χ4n) is 1.59. The number of nitrogens with two attached hydrogens (primary N) is 1. The summed E-state index contributed by atoms with van der Waals surface area (Å²) in [5.41, 5.74) is 7.77. The molecule has 90 valence electrons. The number of hydrogen-bond acceptors (Lipinski definition) is 5. The van der Waals surface area contributed by atoms with Gasteiger partial charge in [-0.2, -0.15) is 9.78 Å². The van der Waals surface area contributed by atoms with Crippen LogP contribution in [0.2, 0.25) is 0 Å². The van der Waals surface area contributed by atoms with Crippen LogP contribution in [0.4, 0.5) is 5.82 Å². The van der Waals surface area contributed by atoms with Gasteiger partial charge in [-0.25, -0.2) is 9.97 Å². The maximum atomic E-state index is 8.79. The molecule has 0 saturated carbocycles. The number of aliphatic hydroxyl groups is 1. The van der Waals surface area contributed by atoms with Crippen molar-refractivity contribution in [1.82, 2.24) is 19.7 Å². The summed E-state index contributed by atoms with van der Waals surface area (Å²) < 4.78 is 1.58. The molecule has 0 unspecified atom stereocenters. The van der Waals surface area contributed by atoms with Gasteiger partial charge in [0.2, 0.25) is 0 Å². The Labute approximate surface area is 99.1 Å². The highest BCUT2D eigenvalue weighted by Crippen LogP contribution is 2.16. The van der Waals surface area contributed by atoms with Crippen molar-refractivity contribution in [2.75, 3.05) is 12.3 Å². The van der Waals surface area contributed by atoms with Gasteiger partial charge in [-0.3, -0.25) is 0 Å². The van der Waals surface area contributed by atoms with Gasteiger partial charge < -0.3 is 10.8 Å². The van der Waals surface area contributed by atoms with E-state index in [-0.39, 0.29) is 6.61 Å². The van der Waals surface area contributed by atoms with Crippen LogP contribution in [0.1, 0.15) is 17.7 Å². The Morgan fingerprint density at radius 1 is 1.41 bits per heavy atom. The number of rotatable bonds is 4. The number of nitrogens with zero attached hydrogens (tertiary/aromatic N) is 4. The van der Waals surface area contributed by atoms with Crippen molar-refractivity contribution < 1.29 is 5.11 Å². The first-order valence-electron chi connectivity index (χ1n) is 5.44. The highest BCUT2D eigenvalue weighted by molar-refractivity contribution is 5.44. The minimum atomic E-state index is 0.150. The van der Waals surface area contributed by atoms with E-state index in [4.69, 9.17) is 10.8 Å². The minimum absolute atomic E-state index is 0.150. The van der Waals surface area contributed by atoms with Crippen molar-refractivity contribution in [3.63, 3.8) is 0 Å². The zero-order valence-electron chi connectivity index (χ0n) is 9.67. The van der Waals surface area contributed by atoms with E-state index in [2.05, 4.69) is 15.1 Å². The second-order valence-electron chi connectivity index (χ2n) is 3.81. The Kier molecular flexibility index (Phi) is 3.34. The predicted molar refractivity (Wildman–Crippen MR) is 63.7 cm³/mol. The van der Waals surface area contributed by atoms with Crippen molar-refractivity contribution in [3.05, 3.63) is 29.8 Å². The first-order valence-corrected chi connectivity index (χ1v) is 5.44. The molecule has 6 nitrogen and oxygen atoms in total. The van der Waals surface area contributed by atoms with Crippen LogP contribution in [0.15, 0.2) is 18.6 Å². The summed E-state index contributed by atoms with van der Waals surface area (Å²) >= 11 is 0. The van der Waals surface area contributed by atoms with Crippen LogP contribution < -0.4 is 5.73 Å². The average Bonchev–Trinajstić information content (AvgIpc) is 2.68. The minimum Gasteiger partial charge on any atom is -0.396 e. The summed E-state index contributed by atoms with van der Waals surface area (Å²) in [7, 11) is 0. The number of nitrogen functional groups attached to an aromatic ring is 1. The van der Waals surface area contributed by atoms with Crippen molar-refractivity contribution in [2.24, 2.45) is 0 Å². The fourth-order valence-corrected chi connectivity index (χ4v) is 1.59. The number of hydrogen-bond donors (Lipinski definition) is 2. The Bertz CT molecular complexity index is 508. The zero-order chi connectivity index (χ0) is 12.3. The van der Waals surface area contributed by atoms with Crippen LogP contribution in [0.25, 0.3) is 5.82 Å². The van der Waals surface area contributed by atoms with Gasteiger partial charge in [0.15, 0.2) is 5.82 Å². The van der Waals surface area contributed by atoms with E-state index in [0.717, 1.165) is 11.3 Å². The van der Waals surface area contributed by atoms with Crippen LogP contribution in [-0.4, -0.2) is 31.5 Å². The lowest BCUT2D eigenvalue weighted by molar-refractivity contribution is 0.288. The molecular weight excluding hydrogens is 218 g/mol. The van der Waals surface area contributed by atoms with Gasteiger partial charge in [0.25, 0.3) is 0 Å². The molecule has 0 aromatic carbocycles. The molecule has 3 N–H and O–H groups in total. The summed E-state index contributed by atoms with van der Waals surface area (Å²) in [4.78, 5) is 8.15. The molecule has 17 heavy (non-hydrogen) atoms. The lowest BCUT2D eigenvalue weighted by atomic mass is 10.2. The lowest BCUT2D eigenvalue weighted by Gasteiger charge is -2.04.